The van der Waals surface area contributed by atoms with Crippen LogP contribution in [0.3, 0.4) is 0 Å². The van der Waals surface area contributed by atoms with Gasteiger partial charge in [0.05, 0.1) is 6.54 Å². The Morgan fingerprint density at radius 1 is 1.19 bits per heavy atom. The minimum Gasteiger partial charge on any atom is -1.00 e. The van der Waals surface area contributed by atoms with Gasteiger partial charge < -0.3 is 21.5 Å². The third-order valence-corrected chi connectivity index (χ3v) is 3.88. The zero-order chi connectivity index (χ0) is 13.9. The van der Waals surface area contributed by atoms with Crippen molar-refractivity contribution in [1.82, 2.24) is 4.57 Å². The number of nitrogens with zero attached hydrogens (tertiary/aromatic N) is 2. The molecular formula is C17H19BrN2O. The molecule has 1 aromatic carbocycles. The van der Waals surface area contributed by atoms with E-state index in [1.807, 2.05) is 30.3 Å². The number of hydrogen-bond donors (Lipinski definition) is 0. The molecular weight excluding hydrogens is 328 g/mol. The molecule has 0 aliphatic carbocycles. The Morgan fingerprint density at radius 3 is 2.67 bits per heavy atom. The quantitative estimate of drug-likeness (QED) is 0.546. The molecule has 0 spiro atoms. The fourth-order valence-electron chi connectivity index (χ4n) is 2.86. The first kappa shape index (κ1) is 15.7. The average Bonchev–Trinajstić information content (AvgIpc) is 2.96. The summed E-state index contributed by atoms with van der Waals surface area (Å²) in [7, 11) is 0. The highest BCUT2D eigenvalue weighted by molar-refractivity contribution is 5.99. The summed E-state index contributed by atoms with van der Waals surface area (Å²) in [5, 5.41) is 0. The fraction of sp³-hybridized carbons (Fsp3) is 0.294. The molecule has 3 rings (SSSR count). The monoisotopic (exact) mass is 346 g/mol. The highest BCUT2D eigenvalue weighted by Gasteiger charge is 2.25. The number of Topliss-reactive ketones (excluding diaryl/α,β-unsaturated/α-hetero) is 1. The van der Waals surface area contributed by atoms with Gasteiger partial charge in [-0.2, -0.15) is 0 Å². The summed E-state index contributed by atoms with van der Waals surface area (Å²) in [6, 6.07) is 13.8. The lowest BCUT2D eigenvalue weighted by Crippen LogP contribution is -3.00. The number of fused-ring (bicyclic) bond motifs is 1. The molecule has 2 heterocycles. The number of carbonyl (C=O) groups excluding carboxylic acids is 1. The normalized spacial score (nSPS) is 13.6. The minimum absolute atomic E-state index is 0. The van der Waals surface area contributed by atoms with E-state index in [1.165, 1.54) is 11.4 Å². The largest absolute Gasteiger partial charge is 1.00 e. The van der Waals surface area contributed by atoms with Crippen LogP contribution in [-0.2, 0) is 6.54 Å². The summed E-state index contributed by atoms with van der Waals surface area (Å²) in [4.78, 5) is 12.4. The van der Waals surface area contributed by atoms with E-state index >= 15 is 0 Å². The molecule has 0 saturated heterocycles. The molecule has 0 N–H and O–H groups in total. The van der Waals surface area contributed by atoms with Gasteiger partial charge in [-0.25, -0.2) is 4.58 Å². The van der Waals surface area contributed by atoms with Gasteiger partial charge in [0.25, 0.3) is 0 Å². The maximum absolute atomic E-state index is 12.4. The van der Waals surface area contributed by atoms with E-state index < -0.39 is 0 Å². The van der Waals surface area contributed by atoms with Gasteiger partial charge >= 0.3 is 0 Å². The van der Waals surface area contributed by atoms with E-state index in [9.17, 15) is 4.79 Å². The standard InChI is InChI=1S/C17H19N2O.BrH/c1-2-15-16-9-6-10-18(16)11-12-19(15)13-17(20)14-7-4-3-5-8-14;/h3-10H,2,11-13H2,1H3;1H/q+1;/p-1. The number of ketones is 1. The van der Waals surface area contributed by atoms with Crippen LogP contribution in [0.1, 0.15) is 29.4 Å². The van der Waals surface area contributed by atoms with Crippen molar-refractivity contribution in [1.29, 1.82) is 0 Å². The van der Waals surface area contributed by atoms with Crippen molar-refractivity contribution in [2.45, 2.75) is 19.9 Å². The second-order valence-corrected chi connectivity index (χ2v) is 5.10. The van der Waals surface area contributed by atoms with E-state index in [2.05, 4.69) is 34.4 Å². The van der Waals surface area contributed by atoms with Crippen molar-refractivity contribution in [3.63, 3.8) is 0 Å². The van der Waals surface area contributed by atoms with Crippen molar-refractivity contribution in [2.75, 3.05) is 13.1 Å². The van der Waals surface area contributed by atoms with Gasteiger partial charge in [-0.3, -0.25) is 4.79 Å². The summed E-state index contributed by atoms with van der Waals surface area (Å²) in [6.45, 7) is 4.48. The van der Waals surface area contributed by atoms with Crippen LogP contribution in [0.5, 0.6) is 0 Å². The first-order valence-corrected chi connectivity index (χ1v) is 7.14. The zero-order valence-corrected chi connectivity index (χ0v) is 13.7. The van der Waals surface area contributed by atoms with Crippen LogP contribution in [0.2, 0.25) is 0 Å². The van der Waals surface area contributed by atoms with Gasteiger partial charge in [-0.1, -0.05) is 37.3 Å². The molecule has 0 unspecified atom stereocenters. The molecule has 1 aliphatic rings. The second-order valence-electron chi connectivity index (χ2n) is 5.10. The molecule has 1 aliphatic heterocycles. The van der Waals surface area contributed by atoms with Crippen LogP contribution in [0.15, 0.2) is 48.7 Å². The molecule has 1 aromatic heterocycles. The Morgan fingerprint density at radius 2 is 1.95 bits per heavy atom. The van der Waals surface area contributed by atoms with Crippen LogP contribution in [-0.4, -0.2) is 33.7 Å². The lowest BCUT2D eigenvalue weighted by atomic mass is 10.1. The molecule has 110 valence electrons. The van der Waals surface area contributed by atoms with Gasteiger partial charge in [0, 0.05) is 18.2 Å². The fourth-order valence-corrected chi connectivity index (χ4v) is 2.86. The predicted octanol–water partition coefficient (Wildman–Crippen LogP) is -0.400. The summed E-state index contributed by atoms with van der Waals surface area (Å²) < 4.78 is 4.49. The van der Waals surface area contributed by atoms with Crippen molar-refractivity contribution < 1.29 is 26.4 Å². The number of benzene rings is 1. The Hall–Kier alpha value is -1.68. The molecule has 4 heteroatoms. The summed E-state index contributed by atoms with van der Waals surface area (Å²) in [6.07, 6.45) is 3.06. The third kappa shape index (κ3) is 3.16. The number of hydrogen-bond acceptors (Lipinski definition) is 1. The molecule has 2 aromatic rings. The molecule has 0 saturated carbocycles. The Labute approximate surface area is 135 Å². The van der Waals surface area contributed by atoms with Gasteiger partial charge in [0.1, 0.15) is 5.69 Å². The first-order valence-electron chi connectivity index (χ1n) is 7.14. The summed E-state index contributed by atoms with van der Waals surface area (Å²) >= 11 is 0. The molecule has 0 amide bonds. The van der Waals surface area contributed by atoms with Crippen LogP contribution >= 0.6 is 0 Å². The second kappa shape index (κ2) is 6.85. The van der Waals surface area contributed by atoms with Crippen molar-refractivity contribution >= 4 is 11.5 Å². The van der Waals surface area contributed by atoms with Gasteiger partial charge in [-0.05, 0) is 12.1 Å². The minimum atomic E-state index is 0. The third-order valence-electron chi connectivity index (χ3n) is 3.88. The molecule has 0 radical (unpaired) electrons. The highest BCUT2D eigenvalue weighted by atomic mass is 79.9. The van der Waals surface area contributed by atoms with Gasteiger partial charge in [0.15, 0.2) is 12.3 Å². The van der Waals surface area contributed by atoms with Crippen molar-refractivity contribution in [3.8, 4) is 0 Å². The average molecular weight is 347 g/mol. The Balaban J connectivity index is 0.00000161. The van der Waals surface area contributed by atoms with Crippen molar-refractivity contribution in [3.05, 3.63) is 59.9 Å². The van der Waals surface area contributed by atoms with E-state index in [0.29, 0.717) is 6.54 Å². The van der Waals surface area contributed by atoms with Crippen LogP contribution < -0.4 is 17.0 Å². The Kier molecular flexibility index (Phi) is 5.12. The number of halogens is 1. The number of aromatic nitrogens is 1. The van der Waals surface area contributed by atoms with Crippen LogP contribution in [0.4, 0.5) is 0 Å². The highest BCUT2D eigenvalue weighted by Crippen LogP contribution is 2.12. The van der Waals surface area contributed by atoms with Gasteiger partial charge in [0.2, 0.25) is 12.3 Å². The first-order chi connectivity index (χ1) is 9.79. The lowest BCUT2D eigenvalue weighted by Gasteiger charge is -2.17. The smallest absolute Gasteiger partial charge is 0.227 e. The maximum atomic E-state index is 12.4. The topological polar surface area (TPSA) is 25.0 Å². The summed E-state index contributed by atoms with van der Waals surface area (Å²) in [5.74, 6) is 0.191. The molecule has 0 atom stereocenters. The van der Waals surface area contributed by atoms with Crippen molar-refractivity contribution in [2.24, 2.45) is 0 Å². The predicted molar refractivity (Wildman–Crippen MR) is 79.6 cm³/mol. The van der Waals surface area contributed by atoms with Crippen LogP contribution in [0.25, 0.3) is 0 Å². The van der Waals surface area contributed by atoms with Crippen LogP contribution in [0, 0.1) is 0 Å². The molecule has 3 nitrogen and oxygen atoms in total. The van der Waals surface area contributed by atoms with E-state index in [4.69, 9.17) is 0 Å². The van der Waals surface area contributed by atoms with Gasteiger partial charge in [-0.15, -0.1) is 0 Å². The van der Waals surface area contributed by atoms with E-state index in [1.54, 1.807) is 0 Å². The zero-order valence-electron chi connectivity index (χ0n) is 12.1. The number of carbonyl (C=O) groups is 1. The molecule has 0 fully saturated rings. The Bertz CT molecular complexity index is 658. The number of rotatable bonds is 4. The van der Waals surface area contributed by atoms with E-state index in [-0.39, 0.29) is 22.8 Å². The maximum Gasteiger partial charge on any atom is 0.227 e. The molecule has 0 bridgehead atoms. The van der Waals surface area contributed by atoms with E-state index in [0.717, 1.165) is 25.1 Å². The molecule has 21 heavy (non-hydrogen) atoms. The lowest BCUT2D eigenvalue weighted by molar-refractivity contribution is -0.519. The summed E-state index contributed by atoms with van der Waals surface area (Å²) in [5.41, 5.74) is 3.31. The SMILES string of the molecule is CCC1=[N+](CC(=O)c2ccccc2)CCn2cccc21.[Br-].